The summed E-state index contributed by atoms with van der Waals surface area (Å²) in [4.78, 5) is 2.96. The number of thiophene rings is 1. The van der Waals surface area contributed by atoms with Gasteiger partial charge in [-0.2, -0.15) is 0 Å². The average Bonchev–Trinajstić information content (AvgIpc) is 2.51. The van der Waals surface area contributed by atoms with Crippen LogP contribution in [0.4, 0.5) is 0 Å². The van der Waals surface area contributed by atoms with E-state index in [1.165, 1.54) is 40.3 Å². The molecule has 1 atom stereocenters. The van der Waals surface area contributed by atoms with Crippen LogP contribution in [0.1, 0.15) is 16.2 Å². The second kappa shape index (κ2) is 3.87. The van der Waals surface area contributed by atoms with Gasteiger partial charge < -0.3 is 4.48 Å². The van der Waals surface area contributed by atoms with Crippen LogP contribution in [0.3, 0.4) is 0 Å². The van der Waals surface area contributed by atoms with Gasteiger partial charge in [0.05, 0.1) is 25.0 Å². The van der Waals surface area contributed by atoms with Crippen molar-refractivity contribution in [2.24, 2.45) is 0 Å². The molecule has 0 amide bonds. The van der Waals surface area contributed by atoms with Crippen LogP contribution < -0.4 is 0 Å². The molecule has 0 saturated heterocycles. The Hall–Kier alpha value is -0.600. The molecular weight excluding hydrogens is 190 g/mol. The second-order valence-electron chi connectivity index (χ2n) is 4.46. The predicted octanol–water partition coefficient (Wildman–Crippen LogP) is 2.96. The Bertz CT molecular complexity index is 340. The Kier molecular flexibility index (Phi) is 2.75. The third kappa shape index (κ3) is 2.25. The summed E-state index contributed by atoms with van der Waals surface area (Å²) in [6.45, 7) is 5.86. The van der Waals surface area contributed by atoms with Crippen LogP contribution >= 0.6 is 11.3 Å². The van der Waals surface area contributed by atoms with Gasteiger partial charge in [0.2, 0.25) is 0 Å². The molecule has 1 aromatic rings. The van der Waals surface area contributed by atoms with Crippen LogP contribution in [0.25, 0.3) is 0 Å². The van der Waals surface area contributed by atoms with Crippen molar-refractivity contribution in [3.63, 3.8) is 0 Å². The van der Waals surface area contributed by atoms with Gasteiger partial charge in [-0.05, 0) is 25.1 Å². The second-order valence-corrected chi connectivity index (χ2v) is 5.83. The number of aryl methyl sites for hydroxylation is 1. The van der Waals surface area contributed by atoms with Gasteiger partial charge in [-0.3, -0.25) is 0 Å². The van der Waals surface area contributed by atoms with Crippen LogP contribution in [0.5, 0.6) is 0 Å². The van der Waals surface area contributed by atoms with Gasteiger partial charge in [0.15, 0.2) is 0 Å². The van der Waals surface area contributed by atoms with E-state index in [0.29, 0.717) is 0 Å². The van der Waals surface area contributed by atoms with Crippen LogP contribution in [-0.2, 0) is 6.54 Å². The van der Waals surface area contributed by atoms with Crippen molar-refractivity contribution in [2.75, 3.05) is 20.1 Å². The molecule has 1 aromatic heterocycles. The highest BCUT2D eigenvalue weighted by Crippen LogP contribution is 2.22. The van der Waals surface area contributed by atoms with Crippen molar-refractivity contribution in [1.29, 1.82) is 0 Å². The normalized spacial score (nSPS) is 26.7. The Balaban J connectivity index is 2.06. The molecule has 0 aliphatic carbocycles. The first-order valence-corrected chi connectivity index (χ1v) is 6.03. The zero-order valence-corrected chi connectivity index (χ0v) is 9.81. The summed E-state index contributed by atoms with van der Waals surface area (Å²) in [6, 6.07) is 4.51. The molecule has 0 saturated carbocycles. The average molecular weight is 208 g/mol. The quantitative estimate of drug-likeness (QED) is 0.518. The lowest BCUT2D eigenvalue weighted by molar-refractivity contribution is -0.917. The van der Waals surface area contributed by atoms with Crippen LogP contribution in [-0.4, -0.2) is 24.6 Å². The lowest BCUT2D eigenvalue weighted by Crippen LogP contribution is -2.45. The van der Waals surface area contributed by atoms with Gasteiger partial charge in [-0.1, -0.05) is 6.08 Å². The minimum Gasteiger partial charge on any atom is -0.318 e. The van der Waals surface area contributed by atoms with E-state index in [-0.39, 0.29) is 0 Å². The summed E-state index contributed by atoms with van der Waals surface area (Å²) in [5.74, 6) is 0. The highest BCUT2D eigenvalue weighted by atomic mass is 32.1. The van der Waals surface area contributed by atoms with Crippen LogP contribution in [0, 0.1) is 6.92 Å². The van der Waals surface area contributed by atoms with Gasteiger partial charge in [0, 0.05) is 11.3 Å². The minimum atomic E-state index is 1.18. The van der Waals surface area contributed by atoms with Gasteiger partial charge >= 0.3 is 0 Å². The fraction of sp³-hybridized carbons (Fsp3) is 0.500. The molecule has 0 aromatic carbocycles. The molecule has 2 heteroatoms. The monoisotopic (exact) mass is 208 g/mol. The SMILES string of the molecule is Cc1ccc(C[N+]2(C)CC=CCC2)s1. The fourth-order valence-electron chi connectivity index (χ4n) is 2.01. The van der Waals surface area contributed by atoms with E-state index < -0.39 is 0 Å². The number of nitrogens with zero attached hydrogens (tertiary/aromatic N) is 1. The summed E-state index contributed by atoms with van der Waals surface area (Å²) in [6.07, 6.45) is 5.87. The Labute approximate surface area is 90.3 Å². The van der Waals surface area contributed by atoms with Crippen molar-refractivity contribution in [1.82, 2.24) is 0 Å². The first kappa shape index (κ1) is 9.94. The van der Waals surface area contributed by atoms with Gasteiger partial charge in [-0.25, -0.2) is 0 Å². The molecule has 76 valence electrons. The number of rotatable bonds is 2. The molecule has 1 aliphatic heterocycles. The predicted molar refractivity (Wildman–Crippen MR) is 62.4 cm³/mol. The van der Waals surface area contributed by atoms with Crippen molar-refractivity contribution in [3.8, 4) is 0 Å². The molecule has 2 rings (SSSR count). The van der Waals surface area contributed by atoms with Gasteiger partial charge in [0.25, 0.3) is 0 Å². The lowest BCUT2D eigenvalue weighted by atomic mass is 10.2. The molecule has 0 bridgehead atoms. The van der Waals surface area contributed by atoms with E-state index in [0.717, 1.165) is 0 Å². The fourth-order valence-corrected chi connectivity index (χ4v) is 3.08. The standard InChI is InChI=1S/C12H18NS/c1-11-6-7-12(14-11)10-13(2)8-4-3-5-9-13/h3-4,6-7H,5,8-10H2,1-2H3/q+1. The molecule has 1 unspecified atom stereocenters. The van der Waals surface area contributed by atoms with E-state index in [4.69, 9.17) is 0 Å². The summed E-state index contributed by atoms with van der Waals surface area (Å²) in [5, 5.41) is 0. The molecule has 1 nitrogen and oxygen atoms in total. The maximum Gasteiger partial charge on any atom is 0.114 e. The molecule has 2 heterocycles. The van der Waals surface area contributed by atoms with Crippen molar-refractivity contribution >= 4 is 11.3 Å². The number of hydrogen-bond donors (Lipinski definition) is 0. The minimum absolute atomic E-state index is 1.18. The van der Waals surface area contributed by atoms with E-state index in [2.05, 4.69) is 38.3 Å². The maximum absolute atomic E-state index is 2.36. The van der Waals surface area contributed by atoms with Crippen molar-refractivity contribution < 1.29 is 4.48 Å². The molecule has 14 heavy (non-hydrogen) atoms. The molecule has 1 aliphatic rings. The summed E-state index contributed by atoms with van der Waals surface area (Å²) in [7, 11) is 2.36. The number of likely N-dealkylation sites (N-methyl/N-ethyl adjacent to an activating group) is 1. The molecule has 0 fully saturated rings. The zero-order valence-electron chi connectivity index (χ0n) is 8.99. The Morgan fingerprint density at radius 1 is 1.36 bits per heavy atom. The molecule has 0 radical (unpaired) electrons. The maximum atomic E-state index is 2.36. The van der Waals surface area contributed by atoms with Crippen molar-refractivity contribution in [3.05, 3.63) is 34.0 Å². The Morgan fingerprint density at radius 3 is 2.79 bits per heavy atom. The highest BCUT2D eigenvalue weighted by Gasteiger charge is 2.22. The van der Waals surface area contributed by atoms with Crippen molar-refractivity contribution in [2.45, 2.75) is 19.9 Å². The molecule has 0 N–H and O–H groups in total. The lowest BCUT2D eigenvalue weighted by Gasteiger charge is -2.34. The largest absolute Gasteiger partial charge is 0.318 e. The van der Waals surface area contributed by atoms with Gasteiger partial charge in [-0.15, -0.1) is 11.3 Å². The summed E-state index contributed by atoms with van der Waals surface area (Å²) in [5.41, 5.74) is 0. The number of quaternary nitrogens is 1. The van der Waals surface area contributed by atoms with E-state index in [1.54, 1.807) is 0 Å². The van der Waals surface area contributed by atoms with Crippen LogP contribution in [0.2, 0.25) is 0 Å². The Morgan fingerprint density at radius 2 is 2.21 bits per heavy atom. The smallest absolute Gasteiger partial charge is 0.114 e. The number of hydrogen-bond acceptors (Lipinski definition) is 1. The van der Waals surface area contributed by atoms with Crippen LogP contribution in [0.15, 0.2) is 24.3 Å². The van der Waals surface area contributed by atoms with E-state index in [9.17, 15) is 0 Å². The van der Waals surface area contributed by atoms with E-state index in [1.807, 2.05) is 11.3 Å². The zero-order chi connectivity index (χ0) is 10.0. The third-order valence-electron chi connectivity index (χ3n) is 2.88. The summed E-state index contributed by atoms with van der Waals surface area (Å²) < 4.78 is 1.18. The molecular formula is C12H18NS+. The topological polar surface area (TPSA) is 0 Å². The molecule has 0 spiro atoms. The first-order valence-electron chi connectivity index (χ1n) is 5.22. The summed E-state index contributed by atoms with van der Waals surface area (Å²) >= 11 is 1.94. The highest BCUT2D eigenvalue weighted by molar-refractivity contribution is 7.11. The van der Waals surface area contributed by atoms with Gasteiger partial charge in [0.1, 0.15) is 6.54 Å². The van der Waals surface area contributed by atoms with E-state index >= 15 is 0 Å². The first-order chi connectivity index (χ1) is 6.68. The third-order valence-corrected chi connectivity index (χ3v) is 3.87.